The van der Waals surface area contributed by atoms with Gasteiger partial charge in [-0.15, -0.1) is 0 Å². The monoisotopic (exact) mass is 470 g/mol. The summed E-state index contributed by atoms with van der Waals surface area (Å²) in [6, 6.07) is 4.70. The number of guanidine groups is 1. The molecule has 0 saturated carbocycles. The van der Waals surface area contributed by atoms with Gasteiger partial charge in [-0.1, -0.05) is 0 Å². The van der Waals surface area contributed by atoms with Crippen molar-refractivity contribution in [1.82, 2.24) is 4.90 Å². The Bertz CT molecular complexity index is 1010. The van der Waals surface area contributed by atoms with Crippen molar-refractivity contribution in [1.29, 1.82) is 0 Å². The van der Waals surface area contributed by atoms with Crippen LogP contribution in [0.15, 0.2) is 33.1 Å². The van der Waals surface area contributed by atoms with Crippen LogP contribution in [0, 0.1) is 0 Å². The molecule has 172 valence electrons. The molecular weight excluding hydrogens is 449 g/mol. The first-order chi connectivity index (χ1) is 15.2. The van der Waals surface area contributed by atoms with E-state index in [0.29, 0.717) is 23.7 Å². The first kappa shape index (κ1) is 22.4. The molecule has 0 radical (unpaired) electrons. The van der Waals surface area contributed by atoms with Crippen molar-refractivity contribution in [3.8, 4) is 0 Å². The number of fused-ring (bicyclic) bond motifs is 3. The Morgan fingerprint density at radius 2 is 1.91 bits per heavy atom. The predicted octanol–water partition coefficient (Wildman–Crippen LogP) is 3.42. The third-order valence-electron chi connectivity index (χ3n) is 5.33. The third-order valence-corrected chi connectivity index (χ3v) is 6.33. The van der Waals surface area contributed by atoms with Gasteiger partial charge in [0.1, 0.15) is 0 Å². The lowest BCUT2D eigenvalue weighted by Crippen LogP contribution is -2.59. The Hall–Kier alpha value is -2.76. The van der Waals surface area contributed by atoms with Gasteiger partial charge in [-0.3, -0.25) is 4.90 Å². The number of esters is 2. The van der Waals surface area contributed by atoms with Crippen LogP contribution in [0.25, 0.3) is 0 Å². The summed E-state index contributed by atoms with van der Waals surface area (Å²) < 4.78 is 52.1. The van der Waals surface area contributed by atoms with Crippen LogP contribution in [-0.4, -0.2) is 66.6 Å². The highest BCUT2D eigenvalue weighted by Crippen LogP contribution is 2.48. The zero-order chi connectivity index (χ0) is 23.1. The Labute approximate surface area is 186 Å². The maximum absolute atomic E-state index is 14.2. The van der Waals surface area contributed by atoms with Gasteiger partial charge in [0.05, 0.1) is 25.0 Å². The number of likely N-dealkylation sites (tertiary alicyclic amines) is 1. The second-order valence-corrected chi connectivity index (χ2v) is 8.36. The fourth-order valence-electron chi connectivity index (χ4n) is 3.78. The molecule has 0 aliphatic carbocycles. The molecule has 0 N–H and O–H groups in total. The molecule has 1 aromatic rings. The van der Waals surface area contributed by atoms with E-state index in [0.717, 1.165) is 38.1 Å². The molecule has 1 unspecified atom stereocenters. The number of benzene rings is 1. The number of ether oxygens (including phenoxy) is 2. The number of methoxy groups -OCH3 is 1. The van der Waals surface area contributed by atoms with Crippen molar-refractivity contribution in [3.05, 3.63) is 23.8 Å². The van der Waals surface area contributed by atoms with Gasteiger partial charge in [-0.25, -0.2) is 19.6 Å². The van der Waals surface area contributed by atoms with Crippen molar-refractivity contribution in [2.24, 2.45) is 9.98 Å². The molecule has 4 rings (SSSR count). The highest BCUT2D eigenvalue weighted by molar-refractivity contribution is 8.15. The molecule has 3 heterocycles. The minimum absolute atomic E-state index is 0.00689. The van der Waals surface area contributed by atoms with Crippen molar-refractivity contribution in [2.45, 2.75) is 42.9 Å². The van der Waals surface area contributed by atoms with Gasteiger partial charge in [-0.05, 0) is 56.1 Å². The predicted molar refractivity (Wildman–Crippen MR) is 112 cm³/mol. The summed E-state index contributed by atoms with van der Waals surface area (Å²) in [5.74, 6) is -2.14. The maximum atomic E-state index is 14.2. The number of piperidine rings is 1. The van der Waals surface area contributed by atoms with E-state index in [9.17, 15) is 22.8 Å². The molecule has 0 spiro atoms. The molecule has 0 amide bonds. The van der Waals surface area contributed by atoms with E-state index in [2.05, 4.69) is 14.7 Å². The number of anilines is 1. The number of hydrogen-bond donors (Lipinski definition) is 0. The summed E-state index contributed by atoms with van der Waals surface area (Å²) in [7, 11) is 0.876. The molecule has 3 aliphatic heterocycles. The number of hydrogen-bond acceptors (Lipinski definition) is 9. The Balaban J connectivity index is 1.85. The van der Waals surface area contributed by atoms with Crippen LogP contribution in [0.5, 0.6) is 0 Å². The first-order valence-corrected chi connectivity index (χ1v) is 10.9. The standard InChI is InChI=1S/C20H21F3N4O4S/c1-3-31-15(28)12-7-8-13-14(11-12)32-18-25-19(16(29)30-2,20(21,22)23)24-17(27(13)18)26-9-5-4-6-10-26/h7-8,11H,3-6,9-10H2,1-2H3. The minimum Gasteiger partial charge on any atom is -0.465 e. The molecule has 1 fully saturated rings. The van der Waals surface area contributed by atoms with Gasteiger partial charge in [0.25, 0.3) is 0 Å². The number of thioether (sulfide) groups is 1. The van der Waals surface area contributed by atoms with Crippen molar-refractivity contribution < 1.29 is 32.2 Å². The van der Waals surface area contributed by atoms with Crippen LogP contribution in [0.2, 0.25) is 0 Å². The normalized spacial score (nSPS) is 22.5. The maximum Gasteiger partial charge on any atom is 0.446 e. The molecule has 0 bridgehead atoms. The number of rotatable bonds is 3. The molecule has 8 nitrogen and oxygen atoms in total. The molecule has 0 aromatic heterocycles. The second kappa shape index (κ2) is 8.30. The first-order valence-electron chi connectivity index (χ1n) is 10.1. The Kier molecular flexibility index (Phi) is 5.82. The van der Waals surface area contributed by atoms with Crippen LogP contribution in [0.1, 0.15) is 36.5 Å². The number of alkyl halides is 3. The number of carbonyl (C=O) groups is 2. The number of aliphatic imine (C=N–C) groups is 2. The van der Waals surface area contributed by atoms with E-state index in [1.54, 1.807) is 30.0 Å². The number of nitrogens with zero attached hydrogens (tertiary/aromatic N) is 4. The van der Waals surface area contributed by atoms with Gasteiger partial charge >= 0.3 is 23.8 Å². The lowest BCUT2D eigenvalue weighted by atomic mass is 10.1. The van der Waals surface area contributed by atoms with Crippen LogP contribution in [0.3, 0.4) is 0 Å². The summed E-state index contributed by atoms with van der Waals surface area (Å²) in [6.07, 6.45) is -2.57. The molecular formula is C20H21F3N4O4S. The zero-order valence-corrected chi connectivity index (χ0v) is 18.3. The lowest BCUT2D eigenvalue weighted by molar-refractivity contribution is -0.201. The van der Waals surface area contributed by atoms with Gasteiger partial charge in [0.2, 0.25) is 5.96 Å². The summed E-state index contributed by atoms with van der Waals surface area (Å²) >= 11 is 0.937. The molecule has 1 atom stereocenters. The van der Waals surface area contributed by atoms with Gasteiger partial charge < -0.3 is 14.4 Å². The molecule has 1 aromatic carbocycles. The molecule has 1 saturated heterocycles. The Morgan fingerprint density at radius 1 is 1.19 bits per heavy atom. The van der Waals surface area contributed by atoms with E-state index in [4.69, 9.17) is 4.74 Å². The van der Waals surface area contributed by atoms with E-state index in [1.807, 2.05) is 0 Å². The fraction of sp³-hybridized carbons (Fsp3) is 0.500. The highest BCUT2D eigenvalue weighted by Gasteiger charge is 2.66. The molecule has 3 aliphatic rings. The van der Waals surface area contributed by atoms with Crippen LogP contribution >= 0.6 is 11.8 Å². The minimum atomic E-state index is -5.11. The average molecular weight is 470 g/mol. The fourth-order valence-corrected chi connectivity index (χ4v) is 4.87. The second-order valence-electron chi connectivity index (χ2n) is 7.36. The summed E-state index contributed by atoms with van der Waals surface area (Å²) in [4.78, 5) is 35.9. The SMILES string of the molecule is CCOC(=O)c1ccc2c(c1)SC1=NC(C(=O)OC)(C(F)(F)F)N=C(N3CCCCC3)N12. The summed E-state index contributed by atoms with van der Waals surface area (Å²) in [5.41, 5.74) is -2.59. The smallest absolute Gasteiger partial charge is 0.446 e. The van der Waals surface area contributed by atoms with Crippen LogP contribution in [0.4, 0.5) is 18.9 Å². The third kappa shape index (κ3) is 3.59. The Morgan fingerprint density at radius 3 is 2.53 bits per heavy atom. The highest BCUT2D eigenvalue weighted by atomic mass is 32.2. The zero-order valence-electron chi connectivity index (χ0n) is 17.4. The van der Waals surface area contributed by atoms with Crippen molar-refractivity contribution >= 4 is 40.5 Å². The van der Waals surface area contributed by atoms with Crippen molar-refractivity contribution in [2.75, 3.05) is 31.7 Å². The van der Waals surface area contributed by atoms with E-state index in [1.165, 1.54) is 4.90 Å². The van der Waals surface area contributed by atoms with E-state index in [-0.39, 0.29) is 23.3 Å². The van der Waals surface area contributed by atoms with Gasteiger partial charge in [0.15, 0.2) is 5.17 Å². The van der Waals surface area contributed by atoms with E-state index >= 15 is 0 Å². The largest absolute Gasteiger partial charge is 0.465 e. The van der Waals surface area contributed by atoms with Gasteiger partial charge in [-0.2, -0.15) is 13.2 Å². The van der Waals surface area contributed by atoms with E-state index < -0.39 is 23.8 Å². The molecule has 12 heteroatoms. The number of amidine groups is 1. The lowest BCUT2D eigenvalue weighted by Gasteiger charge is -2.39. The molecule has 32 heavy (non-hydrogen) atoms. The topological polar surface area (TPSA) is 83.8 Å². The van der Waals surface area contributed by atoms with Crippen LogP contribution < -0.4 is 4.90 Å². The quantitative estimate of drug-likeness (QED) is 0.626. The van der Waals surface area contributed by atoms with Crippen LogP contribution in [-0.2, 0) is 14.3 Å². The number of carbonyl (C=O) groups excluding carboxylic acids is 2. The summed E-state index contributed by atoms with van der Waals surface area (Å²) in [5, 5.41) is -0.0562. The average Bonchev–Trinajstić information content (AvgIpc) is 3.15. The summed E-state index contributed by atoms with van der Waals surface area (Å²) in [6.45, 7) is 2.87. The van der Waals surface area contributed by atoms with Gasteiger partial charge in [0, 0.05) is 18.0 Å². The van der Waals surface area contributed by atoms with Crippen molar-refractivity contribution in [3.63, 3.8) is 0 Å². The number of halogens is 3.